The fourth-order valence-electron chi connectivity index (χ4n) is 0.981. The fourth-order valence-corrected chi connectivity index (χ4v) is 0.981. The summed E-state index contributed by atoms with van der Waals surface area (Å²) in [6.07, 6.45) is 2.61. The van der Waals surface area contributed by atoms with Crippen LogP contribution >= 0.6 is 0 Å². The number of furan rings is 1. The summed E-state index contributed by atoms with van der Waals surface area (Å²) in [7, 11) is 0. The van der Waals surface area contributed by atoms with Crippen LogP contribution in [-0.4, -0.2) is 30.5 Å². The van der Waals surface area contributed by atoms with Crippen LogP contribution in [0.5, 0.6) is 0 Å². The van der Waals surface area contributed by atoms with Gasteiger partial charge in [-0.05, 0) is 12.1 Å². The van der Waals surface area contributed by atoms with Crippen molar-refractivity contribution in [1.82, 2.24) is 5.01 Å². The first-order valence-electron chi connectivity index (χ1n) is 3.88. The molecule has 1 aromatic heterocycles. The van der Waals surface area contributed by atoms with Crippen LogP contribution in [0.3, 0.4) is 0 Å². The highest BCUT2D eigenvalue weighted by Crippen LogP contribution is 2.04. The van der Waals surface area contributed by atoms with Gasteiger partial charge < -0.3 is 9.15 Å². The van der Waals surface area contributed by atoms with Gasteiger partial charge in [0.15, 0.2) is 0 Å². The van der Waals surface area contributed by atoms with E-state index < -0.39 is 6.09 Å². The molecule has 0 aliphatic carbocycles. The Morgan fingerprint density at radius 2 is 2.54 bits per heavy atom. The smallest absolute Gasteiger partial charge is 0.430 e. The predicted molar refractivity (Wildman–Crippen MR) is 44.4 cm³/mol. The minimum Gasteiger partial charge on any atom is -0.463 e. The van der Waals surface area contributed by atoms with Crippen molar-refractivity contribution in [2.45, 2.75) is 0 Å². The molecule has 2 rings (SSSR count). The molecule has 1 saturated heterocycles. The van der Waals surface area contributed by atoms with E-state index in [2.05, 4.69) is 9.84 Å². The highest BCUT2D eigenvalue weighted by molar-refractivity contribution is 5.78. The summed E-state index contributed by atoms with van der Waals surface area (Å²) in [6, 6.07) is 3.51. The second kappa shape index (κ2) is 3.30. The van der Waals surface area contributed by atoms with Crippen LogP contribution in [0.4, 0.5) is 4.79 Å². The number of cyclic esters (lactones) is 1. The van der Waals surface area contributed by atoms with E-state index in [-0.39, 0.29) is 0 Å². The monoisotopic (exact) mass is 180 g/mol. The summed E-state index contributed by atoms with van der Waals surface area (Å²) in [5.41, 5.74) is 0. The number of ether oxygens (including phenoxy) is 1. The average Bonchev–Trinajstić information content (AvgIpc) is 2.72. The van der Waals surface area contributed by atoms with E-state index in [0.29, 0.717) is 18.9 Å². The Morgan fingerprint density at radius 1 is 1.62 bits per heavy atom. The molecular weight excluding hydrogens is 172 g/mol. The first-order valence-corrected chi connectivity index (χ1v) is 3.88. The van der Waals surface area contributed by atoms with Crippen LogP contribution < -0.4 is 0 Å². The van der Waals surface area contributed by atoms with Gasteiger partial charge in [-0.25, -0.2) is 4.79 Å². The lowest BCUT2D eigenvalue weighted by molar-refractivity contribution is 0.159. The number of nitrogens with zero attached hydrogens (tertiary/aromatic N) is 2. The molecule has 1 aliphatic heterocycles. The SMILES string of the molecule is O=C1OCCN1/N=C/c1ccco1. The van der Waals surface area contributed by atoms with Crippen molar-refractivity contribution >= 4 is 12.3 Å². The Hall–Kier alpha value is -1.78. The van der Waals surface area contributed by atoms with Gasteiger partial charge in [0, 0.05) is 0 Å². The molecule has 68 valence electrons. The molecule has 1 fully saturated rings. The maximum absolute atomic E-state index is 10.9. The molecule has 0 radical (unpaired) electrons. The van der Waals surface area contributed by atoms with E-state index in [1.54, 1.807) is 18.4 Å². The number of carbonyl (C=O) groups excluding carboxylic acids is 1. The highest BCUT2D eigenvalue weighted by Gasteiger charge is 2.20. The maximum atomic E-state index is 10.9. The summed E-state index contributed by atoms with van der Waals surface area (Å²) >= 11 is 0. The summed E-state index contributed by atoms with van der Waals surface area (Å²) in [5.74, 6) is 0.611. The van der Waals surface area contributed by atoms with Crippen LogP contribution in [0.2, 0.25) is 0 Å². The molecule has 0 aromatic carbocycles. The van der Waals surface area contributed by atoms with Crippen LogP contribution in [0, 0.1) is 0 Å². The molecule has 0 unspecified atom stereocenters. The zero-order valence-electron chi connectivity index (χ0n) is 6.84. The van der Waals surface area contributed by atoms with Gasteiger partial charge in [0.05, 0.1) is 19.0 Å². The molecule has 1 aliphatic rings. The van der Waals surface area contributed by atoms with Gasteiger partial charge in [-0.2, -0.15) is 10.1 Å². The number of hydrazone groups is 1. The van der Waals surface area contributed by atoms with Crippen LogP contribution in [0.25, 0.3) is 0 Å². The molecule has 0 spiro atoms. The number of rotatable bonds is 2. The van der Waals surface area contributed by atoms with Crippen molar-refractivity contribution < 1.29 is 13.9 Å². The van der Waals surface area contributed by atoms with Crippen molar-refractivity contribution in [3.05, 3.63) is 24.2 Å². The van der Waals surface area contributed by atoms with Crippen LogP contribution in [0.15, 0.2) is 27.9 Å². The topological polar surface area (TPSA) is 55.0 Å². The van der Waals surface area contributed by atoms with Crippen molar-refractivity contribution in [1.29, 1.82) is 0 Å². The zero-order chi connectivity index (χ0) is 9.10. The minimum atomic E-state index is -0.414. The number of hydrogen-bond donors (Lipinski definition) is 0. The number of carbonyl (C=O) groups is 1. The van der Waals surface area contributed by atoms with E-state index >= 15 is 0 Å². The van der Waals surface area contributed by atoms with Gasteiger partial charge in [-0.15, -0.1) is 0 Å². The van der Waals surface area contributed by atoms with Gasteiger partial charge in [0.2, 0.25) is 0 Å². The van der Waals surface area contributed by atoms with Gasteiger partial charge in [0.25, 0.3) is 0 Å². The lowest BCUT2D eigenvalue weighted by atomic mass is 10.5. The first-order chi connectivity index (χ1) is 6.36. The third-order valence-corrected chi connectivity index (χ3v) is 1.61. The van der Waals surface area contributed by atoms with E-state index in [0.717, 1.165) is 0 Å². The van der Waals surface area contributed by atoms with Gasteiger partial charge in [0.1, 0.15) is 12.4 Å². The second-order valence-corrected chi connectivity index (χ2v) is 2.50. The van der Waals surface area contributed by atoms with E-state index in [1.165, 1.54) is 11.2 Å². The van der Waals surface area contributed by atoms with E-state index in [9.17, 15) is 4.79 Å². The summed E-state index contributed by atoms with van der Waals surface area (Å²) in [4.78, 5) is 10.9. The molecule has 13 heavy (non-hydrogen) atoms. The number of amides is 1. The Balaban J connectivity index is 2.01. The molecule has 2 heterocycles. The molecule has 0 bridgehead atoms. The molecule has 0 saturated carbocycles. The van der Waals surface area contributed by atoms with Crippen LogP contribution in [0.1, 0.15) is 5.76 Å². The summed E-state index contributed by atoms with van der Waals surface area (Å²) in [6.45, 7) is 0.893. The molecule has 5 nitrogen and oxygen atoms in total. The third kappa shape index (κ3) is 1.69. The Bertz CT molecular complexity index is 318. The van der Waals surface area contributed by atoms with Gasteiger partial charge in [-0.1, -0.05) is 0 Å². The lowest BCUT2D eigenvalue weighted by Gasteiger charge is -2.01. The maximum Gasteiger partial charge on any atom is 0.430 e. The molecular formula is C8H8N2O3. The zero-order valence-corrected chi connectivity index (χ0v) is 6.84. The predicted octanol–water partition coefficient (Wildman–Crippen LogP) is 1.07. The lowest BCUT2D eigenvalue weighted by Crippen LogP contribution is -2.17. The Morgan fingerprint density at radius 3 is 3.15 bits per heavy atom. The largest absolute Gasteiger partial charge is 0.463 e. The average molecular weight is 180 g/mol. The third-order valence-electron chi connectivity index (χ3n) is 1.61. The van der Waals surface area contributed by atoms with Crippen molar-refractivity contribution in [3.63, 3.8) is 0 Å². The summed E-state index contributed by atoms with van der Waals surface area (Å²) < 4.78 is 9.68. The summed E-state index contributed by atoms with van der Waals surface area (Å²) in [5, 5.41) is 5.14. The number of hydrogen-bond acceptors (Lipinski definition) is 4. The molecule has 0 N–H and O–H groups in total. The standard InChI is InChI=1S/C8H8N2O3/c11-8-10(3-5-13-8)9-6-7-2-1-4-12-7/h1-2,4,6H,3,5H2/b9-6+. The molecule has 5 heteroatoms. The molecule has 0 atom stereocenters. The van der Waals surface area contributed by atoms with Gasteiger partial charge in [-0.3, -0.25) is 0 Å². The highest BCUT2D eigenvalue weighted by atomic mass is 16.6. The van der Waals surface area contributed by atoms with E-state index in [1.807, 2.05) is 0 Å². The Labute approximate surface area is 74.6 Å². The molecule has 1 amide bonds. The Kier molecular flexibility index (Phi) is 1.99. The minimum absolute atomic E-state index is 0.397. The first kappa shape index (κ1) is 7.85. The van der Waals surface area contributed by atoms with Gasteiger partial charge >= 0.3 is 6.09 Å². The second-order valence-electron chi connectivity index (χ2n) is 2.50. The van der Waals surface area contributed by atoms with Crippen molar-refractivity contribution in [3.8, 4) is 0 Å². The van der Waals surface area contributed by atoms with Crippen LogP contribution in [-0.2, 0) is 4.74 Å². The fraction of sp³-hybridized carbons (Fsp3) is 0.250. The normalized spacial score (nSPS) is 16.9. The van der Waals surface area contributed by atoms with Crippen molar-refractivity contribution in [2.24, 2.45) is 5.10 Å². The van der Waals surface area contributed by atoms with Crippen molar-refractivity contribution in [2.75, 3.05) is 13.2 Å². The molecule has 1 aromatic rings. The quantitative estimate of drug-likeness (QED) is 0.639. The van der Waals surface area contributed by atoms with E-state index in [4.69, 9.17) is 4.42 Å².